The zero-order valence-electron chi connectivity index (χ0n) is 16.8. The highest BCUT2D eigenvalue weighted by atomic mass is 19.1. The summed E-state index contributed by atoms with van der Waals surface area (Å²) in [6.07, 6.45) is 15.2. The first-order chi connectivity index (χ1) is 12.7. The second kappa shape index (κ2) is 9.88. The van der Waals surface area contributed by atoms with Crippen LogP contribution in [0.25, 0.3) is 0 Å². The van der Waals surface area contributed by atoms with E-state index in [-0.39, 0.29) is 5.82 Å². The number of methoxy groups -OCH3 is 1. The normalized spacial score (nSPS) is 29.7. The van der Waals surface area contributed by atoms with Crippen LogP contribution in [-0.4, -0.2) is 7.11 Å². The summed E-state index contributed by atoms with van der Waals surface area (Å²) in [6.45, 7) is 2.71. The van der Waals surface area contributed by atoms with Gasteiger partial charge in [-0.2, -0.15) is 0 Å². The summed E-state index contributed by atoms with van der Waals surface area (Å²) in [5, 5.41) is 0. The largest absolute Gasteiger partial charge is 0.380 e. The van der Waals surface area contributed by atoms with Crippen molar-refractivity contribution in [3.05, 3.63) is 35.1 Å². The molecule has 2 fully saturated rings. The van der Waals surface area contributed by atoms with E-state index in [4.69, 9.17) is 4.74 Å². The number of ether oxygens (including phenoxy) is 1. The topological polar surface area (TPSA) is 9.23 Å². The molecule has 146 valence electrons. The Morgan fingerprint density at radius 2 is 1.54 bits per heavy atom. The number of halogens is 1. The molecule has 0 spiro atoms. The molecule has 0 aromatic heterocycles. The molecule has 26 heavy (non-hydrogen) atoms. The van der Waals surface area contributed by atoms with E-state index in [2.05, 4.69) is 13.0 Å². The fourth-order valence-corrected chi connectivity index (χ4v) is 5.41. The van der Waals surface area contributed by atoms with Crippen LogP contribution >= 0.6 is 0 Å². The van der Waals surface area contributed by atoms with Crippen molar-refractivity contribution in [3.63, 3.8) is 0 Å². The molecule has 1 aromatic rings. The second-order valence-corrected chi connectivity index (χ2v) is 8.87. The molecule has 2 saturated carbocycles. The molecule has 0 unspecified atom stereocenters. The third-order valence-electron chi connectivity index (χ3n) is 7.29. The van der Waals surface area contributed by atoms with Gasteiger partial charge in [0.2, 0.25) is 0 Å². The Labute approximate surface area is 159 Å². The average Bonchev–Trinajstić information content (AvgIpc) is 2.69. The van der Waals surface area contributed by atoms with Gasteiger partial charge in [-0.15, -0.1) is 0 Å². The van der Waals surface area contributed by atoms with Crippen LogP contribution in [0.2, 0.25) is 0 Å². The summed E-state index contributed by atoms with van der Waals surface area (Å²) in [7, 11) is 1.61. The van der Waals surface area contributed by atoms with Crippen molar-refractivity contribution >= 4 is 0 Å². The quantitative estimate of drug-likeness (QED) is 0.512. The molecule has 1 nitrogen and oxygen atoms in total. The Hall–Kier alpha value is -0.890. The van der Waals surface area contributed by atoms with E-state index in [1.54, 1.807) is 13.2 Å². The lowest BCUT2D eigenvalue weighted by atomic mass is 9.68. The van der Waals surface area contributed by atoms with Crippen molar-refractivity contribution in [1.29, 1.82) is 0 Å². The minimum atomic E-state index is -0.115. The Morgan fingerprint density at radius 3 is 2.08 bits per heavy atom. The van der Waals surface area contributed by atoms with Gasteiger partial charge in [0.05, 0.1) is 6.61 Å². The van der Waals surface area contributed by atoms with Crippen molar-refractivity contribution in [2.75, 3.05) is 7.11 Å². The van der Waals surface area contributed by atoms with Gasteiger partial charge in [-0.05, 0) is 73.8 Å². The molecule has 0 radical (unpaired) electrons. The molecule has 3 rings (SSSR count). The van der Waals surface area contributed by atoms with Gasteiger partial charge >= 0.3 is 0 Å². The Morgan fingerprint density at radius 1 is 0.923 bits per heavy atom. The average molecular weight is 361 g/mol. The molecular formula is C24H37FO. The van der Waals surface area contributed by atoms with Gasteiger partial charge < -0.3 is 4.74 Å². The summed E-state index contributed by atoms with van der Waals surface area (Å²) < 4.78 is 19.1. The number of aryl methyl sites for hydroxylation is 1. The molecule has 2 aliphatic carbocycles. The van der Waals surface area contributed by atoms with Crippen molar-refractivity contribution in [1.82, 2.24) is 0 Å². The Balaban J connectivity index is 1.40. The minimum absolute atomic E-state index is 0.115. The van der Waals surface area contributed by atoms with E-state index in [0.717, 1.165) is 35.7 Å². The molecule has 2 heteroatoms. The van der Waals surface area contributed by atoms with Crippen LogP contribution in [0.5, 0.6) is 0 Å². The highest BCUT2D eigenvalue weighted by Gasteiger charge is 2.30. The molecule has 0 heterocycles. The smallest absolute Gasteiger partial charge is 0.128 e. The molecule has 2 aliphatic rings. The maximum Gasteiger partial charge on any atom is 0.128 e. The van der Waals surface area contributed by atoms with Crippen LogP contribution in [0, 0.1) is 29.5 Å². The predicted molar refractivity (Wildman–Crippen MR) is 107 cm³/mol. The van der Waals surface area contributed by atoms with Gasteiger partial charge in [-0.3, -0.25) is 0 Å². The molecule has 0 bridgehead atoms. The van der Waals surface area contributed by atoms with E-state index in [0.29, 0.717) is 12.2 Å². The molecule has 0 saturated heterocycles. The first-order valence-electron chi connectivity index (χ1n) is 11.0. The third-order valence-corrected chi connectivity index (χ3v) is 7.29. The van der Waals surface area contributed by atoms with Gasteiger partial charge in [0.1, 0.15) is 5.82 Å². The molecule has 0 N–H and O–H groups in total. The van der Waals surface area contributed by atoms with Crippen LogP contribution in [0.1, 0.15) is 82.3 Å². The van der Waals surface area contributed by atoms with Crippen LogP contribution < -0.4 is 0 Å². The summed E-state index contributed by atoms with van der Waals surface area (Å²) >= 11 is 0. The van der Waals surface area contributed by atoms with E-state index in [9.17, 15) is 4.39 Å². The van der Waals surface area contributed by atoms with Crippen molar-refractivity contribution in [2.45, 2.75) is 84.2 Å². The number of rotatable bonds is 7. The fourth-order valence-electron chi connectivity index (χ4n) is 5.41. The monoisotopic (exact) mass is 360 g/mol. The second-order valence-electron chi connectivity index (χ2n) is 8.87. The SMILES string of the molecule is CC[C@H]1CC[C@H](C2CCC(CCc3ccc(COC)c(F)c3)CC2)CC1. The number of benzene rings is 1. The Kier molecular flexibility index (Phi) is 7.54. The first-order valence-corrected chi connectivity index (χ1v) is 11.0. The standard InChI is InChI=1S/C24H37FO/c1-3-18-6-11-21(12-7-18)22-13-8-19(9-14-22)4-5-20-10-15-23(17-26-2)24(25)16-20/h10,15-16,18-19,21-22H,3-9,11-14,17H2,1-2H3/t18-,19?,21-,22?. The minimum Gasteiger partial charge on any atom is -0.380 e. The lowest BCUT2D eigenvalue weighted by molar-refractivity contribution is 0.142. The highest BCUT2D eigenvalue weighted by Crippen LogP contribution is 2.42. The predicted octanol–water partition coefficient (Wildman–Crippen LogP) is 6.93. The Bertz CT molecular complexity index is 539. The number of hydrogen-bond donors (Lipinski definition) is 0. The van der Waals surface area contributed by atoms with Gasteiger partial charge in [-0.1, -0.05) is 51.2 Å². The molecule has 0 atom stereocenters. The lowest BCUT2D eigenvalue weighted by Gasteiger charge is -2.37. The van der Waals surface area contributed by atoms with Crippen molar-refractivity contribution < 1.29 is 9.13 Å². The maximum absolute atomic E-state index is 14.0. The summed E-state index contributed by atoms with van der Waals surface area (Å²) in [4.78, 5) is 0. The number of hydrogen-bond acceptors (Lipinski definition) is 1. The van der Waals surface area contributed by atoms with E-state index in [1.807, 2.05) is 6.07 Å². The van der Waals surface area contributed by atoms with Crippen molar-refractivity contribution in [2.24, 2.45) is 23.7 Å². The van der Waals surface area contributed by atoms with Gasteiger partial charge in [-0.25, -0.2) is 4.39 Å². The first kappa shape index (κ1) is 19.9. The van der Waals surface area contributed by atoms with Gasteiger partial charge in [0, 0.05) is 12.7 Å². The summed E-state index contributed by atoms with van der Waals surface area (Å²) in [6, 6.07) is 5.68. The van der Waals surface area contributed by atoms with E-state index in [1.165, 1.54) is 64.2 Å². The van der Waals surface area contributed by atoms with Gasteiger partial charge in [0.15, 0.2) is 0 Å². The molecule has 1 aromatic carbocycles. The van der Waals surface area contributed by atoms with Crippen LogP contribution in [-0.2, 0) is 17.8 Å². The lowest BCUT2D eigenvalue weighted by Crippen LogP contribution is -2.25. The third kappa shape index (κ3) is 5.31. The van der Waals surface area contributed by atoms with Gasteiger partial charge in [0.25, 0.3) is 0 Å². The molecule has 0 aliphatic heterocycles. The molecule has 0 amide bonds. The maximum atomic E-state index is 14.0. The summed E-state index contributed by atoms with van der Waals surface area (Å²) in [5.41, 5.74) is 1.80. The zero-order chi connectivity index (χ0) is 18.4. The van der Waals surface area contributed by atoms with Crippen LogP contribution in [0.4, 0.5) is 4.39 Å². The fraction of sp³-hybridized carbons (Fsp3) is 0.750. The molecular weight excluding hydrogens is 323 g/mol. The highest BCUT2D eigenvalue weighted by molar-refractivity contribution is 5.24. The van der Waals surface area contributed by atoms with Crippen molar-refractivity contribution in [3.8, 4) is 0 Å². The van der Waals surface area contributed by atoms with E-state index >= 15 is 0 Å². The summed E-state index contributed by atoms with van der Waals surface area (Å²) in [5.74, 6) is 3.75. The van der Waals surface area contributed by atoms with Crippen LogP contribution in [0.3, 0.4) is 0 Å². The van der Waals surface area contributed by atoms with E-state index < -0.39 is 0 Å². The van der Waals surface area contributed by atoms with Crippen LogP contribution in [0.15, 0.2) is 18.2 Å². The zero-order valence-corrected chi connectivity index (χ0v) is 16.8.